The van der Waals surface area contributed by atoms with Gasteiger partial charge in [0.05, 0.1) is 5.69 Å². The van der Waals surface area contributed by atoms with Gasteiger partial charge in [-0.2, -0.15) is 13.2 Å². The third-order valence-corrected chi connectivity index (χ3v) is 2.93. The van der Waals surface area contributed by atoms with Crippen LogP contribution in [0.1, 0.15) is 21.6 Å². The van der Waals surface area contributed by atoms with Crippen molar-refractivity contribution in [3.05, 3.63) is 77.6 Å². The lowest BCUT2D eigenvalue weighted by Crippen LogP contribution is -2.21. The topological polar surface area (TPSA) is 105 Å². The van der Waals surface area contributed by atoms with Gasteiger partial charge < -0.3 is 10.2 Å². The van der Waals surface area contributed by atoms with Crippen LogP contribution in [0.25, 0.3) is 12.2 Å². The summed E-state index contributed by atoms with van der Waals surface area (Å²) in [6.07, 6.45) is 2.09. The highest BCUT2D eigenvalue weighted by atomic mass is 19.4. The van der Waals surface area contributed by atoms with E-state index in [2.05, 4.69) is 4.98 Å². The second kappa shape index (κ2) is 10.4. The molecule has 0 aliphatic carbocycles. The first kappa shape index (κ1) is 22.3. The fourth-order valence-electron chi connectivity index (χ4n) is 1.64. The molecule has 0 saturated heterocycles. The quantitative estimate of drug-likeness (QED) is 0.593. The van der Waals surface area contributed by atoms with Crippen LogP contribution in [0.3, 0.4) is 0 Å². The monoisotopic (exact) mass is 393 g/mol. The molecule has 0 aliphatic rings. The van der Waals surface area contributed by atoms with E-state index >= 15 is 0 Å². The van der Waals surface area contributed by atoms with Gasteiger partial charge in [-0.1, -0.05) is 36.4 Å². The highest BCUT2D eigenvalue weighted by molar-refractivity contribution is 6.06. The first-order chi connectivity index (χ1) is 13.1. The molecule has 1 aromatic heterocycles. The van der Waals surface area contributed by atoms with E-state index < -0.39 is 18.1 Å². The molecule has 1 aromatic carbocycles. The first-order valence-corrected chi connectivity index (χ1v) is 7.54. The summed E-state index contributed by atoms with van der Waals surface area (Å²) in [5.74, 6) is -3.85. The van der Waals surface area contributed by atoms with E-state index in [9.17, 15) is 22.8 Å². The Hall–Kier alpha value is -3.75. The predicted octanol–water partition coefficient (Wildman–Crippen LogP) is 3.71. The van der Waals surface area contributed by atoms with Crippen LogP contribution in [0.15, 0.2) is 60.8 Å². The van der Waals surface area contributed by atoms with Crippen molar-refractivity contribution in [2.24, 2.45) is 0 Å². The Kier molecular flexibility index (Phi) is 8.29. The van der Waals surface area contributed by atoms with Gasteiger partial charge in [-0.3, -0.25) is 9.78 Å². The molecule has 1 heterocycles. The number of pyridine rings is 1. The minimum absolute atomic E-state index is 0.0783. The van der Waals surface area contributed by atoms with Gasteiger partial charge in [-0.25, -0.2) is 9.59 Å². The van der Waals surface area contributed by atoms with Crippen molar-refractivity contribution >= 4 is 29.9 Å². The zero-order chi connectivity index (χ0) is 21.2. The maximum Gasteiger partial charge on any atom is 0.490 e. The second-order valence-corrected chi connectivity index (χ2v) is 5.05. The maximum absolute atomic E-state index is 11.9. The third-order valence-electron chi connectivity index (χ3n) is 2.93. The number of aromatic nitrogens is 1. The van der Waals surface area contributed by atoms with Crippen LogP contribution in [-0.2, 0) is 9.59 Å². The SMILES string of the molecule is O=C(O)C(F)(F)F.O=C(O)C=Cc1ccc(C=CC(=O)c2ccccc2)cn1. The number of hydrogen-bond donors (Lipinski definition) is 2. The highest BCUT2D eigenvalue weighted by Crippen LogP contribution is 2.13. The van der Waals surface area contributed by atoms with Crippen LogP contribution in [0.2, 0.25) is 0 Å². The molecule has 0 saturated carbocycles. The molecule has 6 nitrogen and oxygen atoms in total. The van der Waals surface area contributed by atoms with Gasteiger partial charge in [0.25, 0.3) is 0 Å². The molecular formula is C19H14F3NO5. The summed E-state index contributed by atoms with van der Waals surface area (Å²) in [4.78, 5) is 35.3. The Bertz CT molecular complexity index is 873. The molecule has 9 heteroatoms. The fraction of sp³-hybridized carbons (Fsp3) is 0.0526. The maximum atomic E-state index is 11.9. The minimum Gasteiger partial charge on any atom is -0.478 e. The summed E-state index contributed by atoms with van der Waals surface area (Å²) in [7, 11) is 0. The fourth-order valence-corrected chi connectivity index (χ4v) is 1.64. The molecule has 28 heavy (non-hydrogen) atoms. The number of carboxylic acid groups (broad SMARTS) is 2. The van der Waals surface area contributed by atoms with Crippen molar-refractivity contribution in [3.63, 3.8) is 0 Å². The van der Waals surface area contributed by atoms with Crippen LogP contribution in [0.4, 0.5) is 13.2 Å². The van der Waals surface area contributed by atoms with Crippen LogP contribution < -0.4 is 0 Å². The predicted molar refractivity (Wildman–Crippen MR) is 94.4 cm³/mol. The highest BCUT2D eigenvalue weighted by Gasteiger charge is 2.38. The zero-order valence-electron chi connectivity index (χ0n) is 14.1. The van der Waals surface area contributed by atoms with Crippen molar-refractivity contribution in [1.82, 2.24) is 4.98 Å². The van der Waals surface area contributed by atoms with Crippen molar-refractivity contribution in [1.29, 1.82) is 0 Å². The van der Waals surface area contributed by atoms with E-state index in [1.165, 1.54) is 12.2 Å². The van der Waals surface area contributed by atoms with Gasteiger partial charge in [-0.05, 0) is 29.9 Å². The van der Waals surface area contributed by atoms with Gasteiger partial charge in [0.15, 0.2) is 5.78 Å². The number of hydrogen-bond acceptors (Lipinski definition) is 4. The van der Waals surface area contributed by atoms with Crippen molar-refractivity contribution < 1.29 is 37.8 Å². The summed E-state index contributed by atoms with van der Waals surface area (Å²) in [5, 5.41) is 15.6. The van der Waals surface area contributed by atoms with Crippen molar-refractivity contribution in [2.45, 2.75) is 6.18 Å². The van der Waals surface area contributed by atoms with E-state index in [4.69, 9.17) is 15.0 Å². The minimum atomic E-state index is -5.08. The van der Waals surface area contributed by atoms with Gasteiger partial charge in [-0.15, -0.1) is 0 Å². The molecule has 146 valence electrons. The summed E-state index contributed by atoms with van der Waals surface area (Å²) in [6, 6.07) is 12.4. The molecule has 0 radical (unpaired) electrons. The lowest BCUT2D eigenvalue weighted by atomic mass is 10.1. The molecule has 2 N–H and O–H groups in total. The molecule has 2 rings (SSSR count). The number of carbonyl (C=O) groups is 3. The van der Waals surface area contributed by atoms with Gasteiger partial charge in [0.2, 0.25) is 0 Å². The Morgan fingerprint density at radius 2 is 1.50 bits per heavy atom. The zero-order valence-corrected chi connectivity index (χ0v) is 14.1. The van der Waals surface area contributed by atoms with Gasteiger partial charge in [0, 0.05) is 17.8 Å². The number of ketones is 1. The van der Waals surface area contributed by atoms with Crippen LogP contribution in [-0.4, -0.2) is 39.1 Å². The molecule has 0 aliphatic heterocycles. The Labute approximate surface area is 157 Å². The molecule has 0 amide bonds. The van der Waals surface area contributed by atoms with Gasteiger partial charge in [0.1, 0.15) is 0 Å². The van der Waals surface area contributed by atoms with Crippen LogP contribution >= 0.6 is 0 Å². The molecular weight excluding hydrogens is 379 g/mol. The summed E-state index contributed by atoms with van der Waals surface area (Å²) < 4.78 is 31.7. The summed E-state index contributed by atoms with van der Waals surface area (Å²) >= 11 is 0. The van der Waals surface area contributed by atoms with E-state index in [-0.39, 0.29) is 5.78 Å². The Morgan fingerprint density at radius 1 is 0.893 bits per heavy atom. The average Bonchev–Trinajstić information content (AvgIpc) is 2.65. The molecule has 0 unspecified atom stereocenters. The average molecular weight is 393 g/mol. The number of alkyl halides is 3. The lowest BCUT2D eigenvalue weighted by Gasteiger charge is -1.96. The standard InChI is InChI=1S/C17H13NO3.C2HF3O2/c19-16(14-4-2-1-3-5-14)10-7-13-6-8-15(18-12-13)9-11-17(20)21;3-2(4,5)1(6)7/h1-12H,(H,20,21);(H,6,7). The van der Waals surface area contributed by atoms with E-state index in [0.717, 1.165) is 11.6 Å². The van der Waals surface area contributed by atoms with E-state index in [1.54, 1.807) is 36.5 Å². The van der Waals surface area contributed by atoms with E-state index in [0.29, 0.717) is 11.3 Å². The molecule has 0 spiro atoms. The number of carboxylic acids is 2. The lowest BCUT2D eigenvalue weighted by molar-refractivity contribution is -0.192. The molecule has 0 fully saturated rings. The van der Waals surface area contributed by atoms with Gasteiger partial charge >= 0.3 is 18.1 Å². The number of halogens is 3. The second-order valence-electron chi connectivity index (χ2n) is 5.05. The largest absolute Gasteiger partial charge is 0.490 e. The number of benzene rings is 1. The third kappa shape index (κ3) is 8.56. The number of nitrogens with zero attached hydrogens (tertiary/aromatic N) is 1. The van der Waals surface area contributed by atoms with E-state index in [1.807, 2.05) is 18.2 Å². The number of carbonyl (C=O) groups excluding carboxylic acids is 1. The Morgan fingerprint density at radius 3 is 1.96 bits per heavy atom. The number of allylic oxidation sites excluding steroid dienone is 1. The summed E-state index contributed by atoms with van der Waals surface area (Å²) in [6.45, 7) is 0. The van der Waals surface area contributed by atoms with Crippen molar-refractivity contribution in [2.75, 3.05) is 0 Å². The Balaban J connectivity index is 0.000000480. The van der Waals surface area contributed by atoms with Crippen LogP contribution in [0.5, 0.6) is 0 Å². The summed E-state index contributed by atoms with van der Waals surface area (Å²) in [5.41, 5.74) is 1.94. The van der Waals surface area contributed by atoms with Crippen LogP contribution in [0, 0.1) is 0 Å². The molecule has 2 aromatic rings. The number of aliphatic carboxylic acids is 2. The van der Waals surface area contributed by atoms with Crippen molar-refractivity contribution in [3.8, 4) is 0 Å². The molecule has 0 bridgehead atoms. The molecule has 0 atom stereocenters. The first-order valence-electron chi connectivity index (χ1n) is 7.54. The number of rotatable bonds is 5. The smallest absolute Gasteiger partial charge is 0.478 e. The normalized spacial score (nSPS) is 11.1.